The van der Waals surface area contributed by atoms with E-state index in [1.165, 1.54) is 0 Å². The molecule has 0 aromatic heterocycles. The van der Waals surface area contributed by atoms with Crippen molar-refractivity contribution >= 4 is 11.6 Å². The summed E-state index contributed by atoms with van der Waals surface area (Å²) in [7, 11) is 0. The van der Waals surface area contributed by atoms with Gasteiger partial charge in [0.25, 0.3) is 0 Å². The Morgan fingerprint density at radius 3 is 2.67 bits per heavy atom. The highest BCUT2D eigenvalue weighted by Gasteiger charge is 2.24. The van der Waals surface area contributed by atoms with Crippen LogP contribution in [0, 0.1) is 5.92 Å². The van der Waals surface area contributed by atoms with Gasteiger partial charge in [0.1, 0.15) is 6.67 Å². The minimum atomic E-state index is -0.227. The number of hydrogen-bond acceptors (Lipinski definition) is 1. The molecule has 1 nitrogen and oxygen atoms in total. The van der Waals surface area contributed by atoms with Crippen LogP contribution in [0.1, 0.15) is 0 Å². The Balaban J connectivity index is 1.98. The van der Waals surface area contributed by atoms with Crippen LogP contribution in [-0.4, -0.2) is 37.1 Å². The zero-order chi connectivity index (χ0) is 6.69. The van der Waals surface area contributed by atoms with Gasteiger partial charge in [-0.1, -0.05) is 0 Å². The summed E-state index contributed by atoms with van der Waals surface area (Å²) in [6, 6.07) is 0. The van der Waals surface area contributed by atoms with E-state index in [4.69, 9.17) is 11.6 Å². The smallest absolute Gasteiger partial charge is 0.102 e. The molecule has 0 bridgehead atoms. The monoisotopic (exact) mass is 151 g/mol. The van der Waals surface area contributed by atoms with Gasteiger partial charge >= 0.3 is 0 Å². The topological polar surface area (TPSA) is 3.24 Å². The van der Waals surface area contributed by atoms with Crippen molar-refractivity contribution in [2.24, 2.45) is 5.92 Å². The van der Waals surface area contributed by atoms with Crippen LogP contribution in [-0.2, 0) is 0 Å². The fourth-order valence-corrected chi connectivity index (χ4v) is 1.27. The molecule has 0 aromatic carbocycles. The van der Waals surface area contributed by atoms with Gasteiger partial charge in [-0.25, -0.2) is 4.39 Å². The lowest BCUT2D eigenvalue weighted by atomic mass is 10.0. The maximum absolute atomic E-state index is 11.6. The molecule has 0 spiro atoms. The Morgan fingerprint density at radius 1 is 1.56 bits per heavy atom. The summed E-state index contributed by atoms with van der Waals surface area (Å²) < 4.78 is 11.6. The minimum Gasteiger partial charge on any atom is -0.300 e. The van der Waals surface area contributed by atoms with E-state index in [0.29, 0.717) is 12.5 Å². The number of hydrogen-bond donors (Lipinski definition) is 0. The first-order chi connectivity index (χ1) is 4.36. The normalized spacial score (nSPS) is 22.0. The fourth-order valence-electron chi connectivity index (χ4n) is 1.08. The molecule has 1 heterocycles. The van der Waals surface area contributed by atoms with Crippen molar-refractivity contribution < 1.29 is 4.39 Å². The van der Waals surface area contributed by atoms with Crippen LogP contribution in [0.2, 0.25) is 0 Å². The molecule has 0 aliphatic carbocycles. The third-order valence-electron chi connectivity index (χ3n) is 1.65. The maximum atomic E-state index is 11.6. The highest BCUT2D eigenvalue weighted by molar-refractivity contribution is 6.18. The second kappa shape index (κ2) is 3.37. The Labute approximate surface area is 59.8 Å². The predicted molar refractivity (Wildman–Crippen MR) is 36.6 cm³/mol. The van der Waals surface area contributed by atoms with Gasteiger partial charge in [-0.2, -0.15) is 0 Å². The van der Waals surface area contributed by atoms with Crippen LogP contribution < -0.4 is 0 Å². The van der Waals surface area contributed by atoms with E-state index < -0.39 is 0 Å². The van der Waals surface area contributed by atoms with Gasteiger partial charge in [-0.05, 0) is 5.92 Å². The molecule has 1 rings (SSSR count). The highest BCUT2D eigenvalue weighted by atomic mass is 35.5. The van der Waals surface area contributed by atoms with Crippen LogP contribution in [0.3, 0.4) is 0 Å². The molecule has 0 atom stereocenters. The Hall–Kier alpha value is 0.180. The SMILES string of the molecule is FCCN1CC(CCl)C1. The lowest BCUT2D eigenvalue weighted by Crippen LogP contribution is -2.48. The number of rotatable bonds is 3. The van der Waals surface area contributed by atoms with Crippen molar-refractivity contribution in [3.63, 3.8) is 0 Å². The third-order valence-corrected chi connectivity index (χ3v) is 2.09. The second-order valence-electron chi connectivity index (χ2n) is 2.47. The van der Waals surface area contributed by atoms with E-state index in [2.05, 4.69) is 4.90 Å². The average molecular weight is 152 g/mol. The zero-order valence-corrected chi connectivity index (χ0v) is 6.07. The summed E-state index contributed by atoms with van der Waals surface area (Å²) >= 11 is 5.55. The van der Waals surface area contributed by atoms with Crippen LogP contribution in [0.5, 0.6) is 0 Å². The van der Waals surface area contributed by atoms with Gasteiger partial charge in [-0.15, -0.1) is 11.6 Å². The summed E-state index contributed by atoms with van der Waals surface area (Å²) in [5.41, 5.74) is 0. The van der Waals surface area contributed by atoms with E-state index in [9.17, 15) is 4.39 Å². The lowest BCUT2D eigenvalue weighted by Gasteiger charge is -2.37. The van der Waals surface area contributed by atoms with Gasteiger partial charge < -0.3 is 4.90 Å². The fraction of sp³-hybridized carbons (Fsp3) is 1.00. The highest BCUT2D eigenvalue weighted by Crippen LogP contribution is 2.15. The number of halogens is 2. The van der Waals surface area contributed by atoms with Crippen LogP contribution in [0.4, 0.5) is 4.39 Å². The molecule has 54 valence electrons. The van der Waals surface area contributed by atoms with Crippen molar-refractivity contribution in [3.8, 4) is 0 Å². The average Bonchev–Trinajstić information content (AvgIpc) is 1.77. The molecule has 0 amide bonds. The van der Waals surface area contributed by atoms with Crippen molar-refractivity contribution in [1.82, 2.24) is 4.90 Å². The summed E-state index contributed by atoms with van der Waals surface area (Å²) in [5.74, 6) is 1.35. The quantitative estimate of drug-likeness (QED) is 0.547. The number of likely N-dealkylation sites (tertiary alicyclic amines) is 1. The minimum absolute atomic E-state index is 0.227. The molecule has 0 aromatic rings. The largest absolute Gasteiger partial charge is 0.300 e. The molecule has 1 fully saturated rings. The maximum Gasteiger partial charge on any atom is 0.102 e. The van der Waals surface area contributed by atoms with E-state index >= 15 is 0 Å². The molecule has 0 unspecified atom stereocenters. The first kappa shape index (κ1) is 7.29. The van der Waals surface area contributed by atoms with Gasteiger partial charge in [0.05, 0.1) is 0 Å². The molecule has 0 saturated carbocycles. The molecule has 1 saturated heterocycles. The Morgan fingerprint density at radius 2 is 2.22 bits per heavy atom. The van der Waals surface area contributed by atoms with Crippen LogP contribution >= 0.6 is 11.6 Å². The molecule has 3 heteroatoms. The van der Waals surface area contributed by atoms with Gasteiger partial charge in [0, 0.05) is 25.5 Å². The number of alkyl halides is 2. The Bertz CT molecular complexity index is 83.1. The van der Waals surface area contributed by atoms with Gasteiger partial charge in [0.2, 0.25) is 0 Å². The molecule has 0 N–H and O–H groups in total. The predicted octanol–water partition coefficient (Wildman–Crippen LogP) is 1.13. The van der Waals surface area contributed by atoms with Gasteiger partial charge in [0.15, 0.2) is 0 Å². The van der Waals surface area contributed by atoms with E-state index in [-0.39, 0.29) is 6.67 Å². The molecule has 1 aliphatic rings. The van der Waals surface area contributed by atoms with E-state index in [0.717, 1.165) is 19.0 Å². The van der Waals surface area contributed by atoms with Crippen molar-refractivity contribution in [3.05, 3.63) is 0 Å². The third kappa shape index (κ3) is 1.80. The summed E-state index contributed by atoms with van der Waals surface area (Å²) in [5, 5.41) is 0. The first-order valence-electron chi connectivity index (χ1n) is 3.21. The first-order valence-corrected chi connectivity index (χ1v) is 3.74. The summed E-state index contributed by atoms with van der Waals surface area (Å²) in [6.45, 7) is 2.35. The molecular formula is C6H11ClFN. The summed E-state index contributed by atoms with van der Waals surface area (Å²) in [6.07, 6.45) is 0. The van der Waals surface area contributed by atoms with E-state index in [1.807, 2.05) is 0 Å². The van der Waals surface area contributed by atoms with Crippen LogP contribution in [0.25, 0.3) is 0 Å². The molecule has 9 heavy (non-hydrogen) atoms. The standard InChI is InChI=1S/C6H11ClFN/c7-3-6-4-9(5-6)2-1-8/h6H,1-5H2. The van der Waals surface area contributed by atoms with Gasteiger partial charge in [-0.3, -0.25) is 0 Å². The second-order valence-corrected chi connectivity index (χ2v) is 2.78. The van der Waals surface area contributed by atoms with Crippen molar-refractivity contribution in [1.29, 1.82) is 0 Å². The summed E-state index contributed by atoms with van der Waals surface area (Å²) in [4.78, 5) is 2.08. The molecular weight excluding hydrogens is 141 g/mol. The van der Waals surface area contributed by atoms with E-state index in [1.54, 1.807) is 0 Å². The Kier molecular flexibility index (Phi) is 2.73. The molecule has 1 aliphatic heterocycles. The lowest BCUT2D eigenvalue weighted by molar-refractivity contribution is 0.107. The van der Waals surface area contributed by atoms with Crippen molar-refractivity contribution in [2.75, 3.05) is 32.2 Å². The zero-order valence-electron chi connectivity index (χ0n) is 5.32. The number of nitrogens with zero attached hydrogens (tertiary/aromatic N) is 1. The molecule has 0 radical (unpaired) electrons. The van der Waals surface area contributed by atoms with Crippen molar-refractivity contribution in [2.45, 2.75) is 0 Å². The van der Waals surface area contributed by atoms with Crippen LogP contribution in [0.15, 0.2) is 0 Å².